The molecule has 0 heterocycles. The smallest absolute Gasteiger partial charge is 0.303 e. The predicted octanol–water partition coefficient (Wildman–Crippen LogP) is 4.29. The van der Waals surface area contributed by atoms with Crippen LogP contribution in [0.25, 0.3) is 0 Å². The normalized spacial score (nSPS) is 12.2. The van der Waals surface area contributed by atoms with Gasteiger partial charge in [-0.25, -0.2) is 13.2 Å². The molecule has 2 aromatic rings. The molecule has 0 amide bonds. The molecule has 0 radical (unpaired) electrons. The molecule has 0 aliphatic rings. The van der Waals surface area contributed by atoms with Gasteiger partial charge in [0.25, 0.3) is 0 Å². The zero-order valence-corrected chi connectivity index (χ0v) is 12.7. The quantitative estimate of drug-likeness (QED) is 0.806. The molecule has 0 saturated carbocycles. The molecule has 0 saturated heterocycles. The van der Waals surface area contributed by atoms with Crippen molar-refractivity contribution in [3.63, 3.8) is 0 Å². The summed E-state index contributed by atoms with van der Waals surface area (Å²) in [6, 6.07) is 8.81. The number of carboxylic acids is 1. The molecule has 1 atom stereocenters. The molecule has 2 aromatic carbocycles. The third-order valence-corrected chi connectivity index (χ3v) is 3.83. The Labute approximate surface area is 132 Å². The van der Waals surface area contributed by atoms with Gasteiger partial charge in [0.2, 0.25) is 0 Å². The molecule has 0 aliphatic heterocycles. The van der Waals surface area contributed by atoms with Gasteiger partial charge in [0.15, 0.2) is 11.6 Å². The second-order valence-electron chi connectivity index (χ2n) is 5.66. The Hall–Kier alpha value is -2.30. The van der Waals surface area contributed by atoms with Gasteiger partial charge in [0.05, 0.1) is 0 Å². The lowest BCUT2D eigenvalue weighted by molar-refractivity contribution is -0.138. The number of aliphatic carboxylic acids is 1. The fourth-order valence-corrected chi connectivity index (χ4v) is 2.64. The van der Waals surface area contributed by atoms with Crippen LogP contribution in [0.15, 0.2) is 36.4 Å². The Morgan fingerprint density at radius 2 is 1.61 bits per heavy atom. The first-order chi connectivity index (χ1) is 10.9. The Morgan fingerprint density at radius 1 is 1.00 bits per heavy atom. The van der Waals surface area contributed by atoms with Crippen LogP contribution in [0.2, 0.25) is 0 Å². The van der Waals surface area contributed by atoms with E-state index in [0.717, 1.165) is 17.2 Å². The third kappa shape index (κ3) is 4.58. The summed E-state index contributed by atoms with van der Waals surface area (Å²) in [6.45, 7) is 1.91. The van der Waals surface area contributed by atoms with Crippen LogP contribution >= 0.6 is 0 Å². The Kier molecular flexibility index (Phi) is 5.42. The average molecular weight is 322 g/mol. The van der Waals surface area contributed by atoms with E-state index in [1.165, 1.54) is 0 Å². The van der Waals surface area contributed by atoms with E-state index in [2.05, 4.69) is 0 Å². The molecule has 2 rings (SSSR count). The molecule has 0 bridgehead atoms. The molecular formula is C18H17F3O2. The van der Waals surface area contributed by atoms with E-state index in [-0.39, 0.29) is 18.4 Å². The number of carbonyl (C=O) groups is 1. The number of aryl methyl sites for hydroxylation is 1. The van der Waals surface area contributed by atoms with Gasteiger partial charge in [-0.1, -0.05) is 24.3 Å². The summed E-state index contributed by atoms with van der Waals surface area (Å²) >= 11 is 0. The van der Waals surface area contributed by atoms with Gasteiger partial charge < -0.3 is 5.11 Å². The molecule has 0 fully saturated rings. The highest BCUT2D eigenvalue weighted by Gasteiger charge is 2.19. The lowest BCUT2D eigenvalue weighted by Crippen LogP contribution is -2.15. The zero-order valence-electron chi connectivity index (χ0n) is 12.7. The summed E-state index contributed by atoms with van der Waals surface area (Å²) in [5, 5.41) is 9.05. The molecule has 5 heteroatoms. The van der Waals surface area contributed by atoms with Crippen LogP contribution in [0.1, 0.15) is 23.1 Å². The van der Waals surface area contributed by atoms with Crippen molar-refractivity contribution in [2.45, 2.75) is 26.2 Å². The van der Waals surface area contributed by atoms with Crippen molar-refractivity contribution in [2.24, 2.45) is 5.92 Å². The number of carboxylic acid groups (broad SMARTS) is 1. The van der Waals surface area contributed by atoms with E-state index in [1.807, 2.05) is 31.2 Å². The molecule has 0 aliphatic carbocycles. The topological polar surface area (TPSA) is 37.3 Å². The van der Waals surface area contributed by atoms with E-state index in [9.17, 15) is 18.0 Å². The number of rotatable bonds is 6. The first-order valence-electron chi connectivity index (χ1n) is 7.26. The van der Waals surface area contributed by atoms with Crippen LogP contribution in [-0.4, -0.2) is 11.1 Å². The van der Waals surface area contributed by atoms with Gasteiger partial charge in [-0.05, 0) is 48.4 Å². The molecule has 23 heavy (non-hydrogen) atoms. The maximum atomic E-state index is 13.8. The standard InChI is InChI=1S/C18H17F3O2/c1-11-4-2-3-5-13(11)6-12(8-18(22)23)7-14-9-16(20)17(21)10-15(14)19/h2-5,9-10,12H,6-8H2,1H3,(H,22,23)/t12-/m1/s1. The van der Waals surface area contributed by atoms with Crippen molar-refractivity contribution in [3.8, 4) is 0 Å². The monoisotopic (exact) mass is 322 g/mol. The highest BCUT2D eigenvalue weighted by molar-refractivity contribution is 5.67. The summed E-state index contributed by atoms with van der Waals surface area (Å²) in [7, 11) is 0. The lowest BCUT2D eigenvalue weighted by atomic mass is 9.88. The van der Waals surface area contributed by atoms with Gasteiger partial charge >= 0.3 is 5.97 Å². The Morgan fingerprint density at radius 3 is 2.26 bits per heavy atom. The minimum absolute atomic E-state index is 0.0104. The van der Waals surface area contributed by atoms with E-state index in [4.69, 9.17) is 5.11 Å². The second kappa shape index (κ2) is 7.31. The van der Waals surface area contributed by atoms with Crippen molar-refractivity contribution in [1.29, 1.82) is 0 Å². The average Bonchev–Trinajstić information content (AvgIpc) is 2.46. The SMILES string of the molecule is Cc1ccccc1C[C@@H](CC(=O)O)Cc1cc(F)c(F)cc1F. The van der Waals surface area contributed by atoms with Crippen molar-refractivity contribution in [2.75, 3.05) is 0 Å². The molecular weight excluding hydrogens is 305 g/mol. The molecule has 1 N–H and O–H groups in total. The van der Waals surface area contributed by atoms with Gasteiger partial charge in [0.1, 0.15) is 5.82 Å². The van der Waals surface area contributed by atoms with Crippen LogP contribution in [0.3, 0.4) is 0 Å². The van der Waals surface area contributed by atoms with Crippen LogP contribution in [0.4, 0.5) is 13.2 Å². The van der Waals surface area contributed by atoms with Crippen molar-refractivity contribution in [1.82, 2.24) is 0 Å². The minimum Gasteiger partial charge on any atom is -0.481 e. The fourth-order valence-electron chi connectivity index (χ4n) is 2.64. The number of benzene rings is 2. The number of hydrogen-bond acceptors (Lipinski definition) is 1. The van der Waals surface area contributed by atoms with E-state index in [0.29, 0.717) is 12.5 Å². The van der Waals surface area contributed by atoms with Crippen molar-refractivity contribution < 1.29 is 23.1 Å². The maximum Gasteiger partial charge on any atom is 0.303 e. The van der Waals surface area contributed by atoms with Gasteiger partial charge in [-0.15, -0.1) is 0 Å². The first-order valence-corrected chi connectivity index (χ1v) is 7.26. The van der Waals surface area contributed by atoms with Crippen LogP contribution < -0.4 is 0 Å². The number of halogens is 3. The molecule has 0 unspecified atom stereocenters. The van der Waals surface area contributed by atoms with Crippen molar-refractivity contribution in [3.05, 3.63) is 70.5 Å². The zero-order chi connectivity index (χ0) is 17.0. The first kappa shape index (κ1) is 17.1. The van der Waals surface area contributed by atoms with Crippen LogP contribution in [0.5, 0.6) is 0 Å². The highest BCUT2D eigenvalue weighted by atomic mass is 19.2. The fraction of sp³-hybridized carbons (Fsp3) is 0.278. The van der Waals surface area contributed by atoms with Crippen LogP contribution in [-0.2, 0) is 17.6 Å². The summed E-state index contributed by atoms with van der Waals surface area (Å²) < 4.78 is 40.1. The molecule has 122 valence electrons. The van der Waals surface area contributed by atoms with E-state index >= 15 is 0 Å². The number of hydrogen-bond donors (Lipinski definition) is 1. The lowest BCUT2D eigenvalue weighted by Gasteiger charge is -2.17. The maximum absolute atomic E-state index is 13.8. The molecule has 0 aromatic heterocycles. The highest BCUT2D eigenvalue weighted by Crippen LogP contribution is 2.23. The van der Waals surface area contributed by atoms with Gasteiger partial charge in [-0.3, -0.25) is 4.79 Å². The summed E-state index contributed by atoms with van der Waals surface area (Å²) in [5.74, 6) is -4.66. The second-order valence-corrected chi connectivity index (χ2v) is 5.66. The van der Waals surface area contributed by atoms with Gasteiger partial charge in [-0.2, -0.15) is 0 Å². The minimum atomic E-state index is -1.25. The summed E-state index contributed by atoms with van der Waals surface area (Å²) in [5.41, 5.74) is 1.96. The predicted molar refractivity (Wildman–Crippen MR) is 80.6 cm³/mol. The Balaban J connectivity index is 2.24. The summed E-state index contributed by atoms with van der Waals surface area (Å²) in [6.07, 6.45) is 0.286. The molecule has 0 spiro atoms. The largest absolute Gasteiger partial charge is 0.481 e. The van der Waals surface area contributed by atoms with Gasteiger partial charge in [0, 0.05) is 12.5 Å². The van der Waals surface area contributed by atoms with Crippen LogP contribution in [0, 0.1) is 30.3 Å². The molecule has 2 nitrogen and oxygen atoms in total. The van der Waals surface area contributed by atoms with Crippen molar-refractivity contribution >= 4 is 5.97 Å². The third-order valence-electron chi connectivity index (χ3n) is 3.83. The van der Waals surface area contributed by atoms with E-state index in [1.54, 1.807) is 0 Å². The van der Waals surface area contributed by atoms with E-state index < -0.39 is 29.3 Å². The summed E-state index contributed by atoms with van der Waals surface area (Å²) in [4.78, 5) is 11.1. The Bertz CT molecular complexity index is 713.